The Kier molecular flexibility index (Phi) is 7.79. The van der Waals surface area contributed by atoms with Crippen LogP contribution in [-0.4, -0.2) is 36.7 Å². The highest BCUT2D eigenvalue weighted by Crippen LogP contribution is 2.16. The van der Waals surface area contributed by atoms with Gasteiger partial charge in [0.1, 0.15) is 0 Å². The number of benzene rings is 2. The monoisotopic (exact) mass is 415 g/mol. The lowest BCUT2D eigenvalue weighted by molar-refractivity contribution is -0.128. The van der Waals surface area contributed by atoms with Crippen LogP contribution in [0.4, 0.5) is 5.69 Å². The number of carbonyl (C=O) groups is 3. The van der Waals surface area contributed by atoms with Crippen LogP contribution in [-0.2, 0) is 4.79 Å². The van der Waals surface area contributed by atoms with Crippen LogP contribution in [0.1, 0.15) is 40.1 Å². The highest BCUT2D eigenvalue weighted by Gasteiger charge is 2.25. The molecule has 0 saturated heterocycles. The molecule has 0 heterocycles. The number of alkyl halides is 1. The van der Waals surface area contributed by atoms with Gasteiger partial charge in [0.2, 0.25) is 5.91 Å². The smallest absolute Gasteiger partial charge is 0.255 e. The Hall–Kier alpha value is -2.86. The van der Waals surface area contributed by atoms with Gasteiger partial charge in [0, 0.05) is 35.8 Å². The minimum absolute atomic E-state index is 0.157. The van der Waals surface area contributed by atoms with E-state index in [1.165, 1.54) is 0 Å². The minimum Gasteiger partial charge on any atom is -0.354 e. The normalized spacial score (nSPS) is 10.9. The third-order valence-corrected chi connectivity index (χ3v) is 5.03. The predicted molar refractivity (Wildman–Crippen MR) is 115 cm³/mol. The van der Waals surface area contributed by atoms with Gasteiger partial charge in [-0.05, 0) is 57.2 Å². The van der Waals surface area contributed by atoms with Crippen molar-refractivity contribution in [3.8, 4) is 0 Å². The van der Waals surface area contributed by atoms with E-state index in [1.807, 2.05) is 19.1 Å². The van der Waals surface area contributed by atoms with Crippen molar-refractivity contribution in [2.75, 3.05) is 24.3 Å². The maximum Gasteiger partial charge on any atom is 0.255 e. The molecule has 3 N–H and O–H groups in total. The lowest BCUT2D eigenvalue weighted by atomic mass is 9.95. The molecule has 29 heavy (non-hydrogen) atoms. The van der Waals surface area contributed by atoms with Gasteiger partial charge in [0.25, 0.3) is 11.8 Å². The highest BCUT2D eigenvalue weighted by molar-refractivity contribution is 6.19. The van der Waals surface area contributed by atoms with Crippen LogP contribution < -0.4 is 16.0 Å². The third kappa shape index (κ3) is 6.61. The van der Waals surface area contributed by atoms with Crippen LogP contribution in [0, 0.1) is 12.3 Å². The van der Waals surface area contributed by atoms with Gasteiger partial charge in [-0.15, -0.1) is 11.6 Å². The Morgan fingerprint density at radius 3 is 1.93 bits per heavy atom. The van der Waals surface area contributed by atoms with Crippen LogP contribution in [0.3, 0.4) is 0 Å². The number of rotatable bonds is 8. The summed E-state index contributed by atoms with van der Waals surface area (Å²) in [5.41, 5.74) is 2.06. The van der Waals surface area contributed by atoms with Gasteiger partial charge in [-0.1, -0.05) is 17.7 Å². The Labute approximate surface area is 176 Å². The average Bonchev–Trinajstić information content (AvgIpc) is 2.71. The molecule has 0 aliphatic heterocycles. The Morgan fingerprint density at radius 2 is 1.34 bits per heavy atom. The summed E-state index contributed by atoms with van der Waals surface area (Å²) in [7, 11) is 0. The number of hydrogen-bond donors (Lipinski definition) is 3. The summed E-state index contributed by atoms with van der Waals surface area (Å²) in [6.07, 6.45) is 0. The van der Waals surface area contributed by atoms with E-state index in [1.54, 1.807) is 50.2 Å². The molecule has 0 aliphatic carbocycles. The second-order valence-electron chi connectivity index (χ2n) is 7.43. The summed E-state index contributed by atoms with van der Waals surface area (Å²) in [4.78, 5) is 36.3. The fourth-order valence-corrected chi connectivity index (χ4v) is 2.49. The molecule has 0 aliphatic rings. The predicted octanol–water partition coefficient (Wildman–Crippen LogP) is 3.36. The average molecular weight is 416 g/mol. The van der Waals surface area contributed by atoms with E-state index in [-0.39, 0.29) is 23.6 Å². The van der Waals surface area contributed by atoms with E-state index in [0.717, 1.165) is 5.56 Å². The summed E-state index contributed by atoms with van der Waals surface area (Å²) < 4.78 is 0. The Morgan fingerprint density at radius 1 is 0.828 bits per heavy atom. The Balaban J connectivity index is 1.81. The number of nitrogens with one attached hydrogen (secondary N) is 3. The molecule has 0 saturated carbocycles. The number of carbonyl (C=O) groups excluding carboxylic acids is 3. The molecule has 0 bridgehead atoms. The summed E-state index contributed by atoms with van der Waals surface area (Å²) in [5.74, 6) is -0.404. The van der Waals surface area contributed by atoms with Crippen molar-refractivity contribution in [3.05, 3.63) is 65.2 Å². The second-order valence-corrected chi connectivity index (χ2v) is 7.69. The lowest BCUT2D eigenvalue weighted by Gasteiger charge is -2.20. The second kappa shape index (κ2) is 10.1. The molecule has 2 aromatic carbocycles. The van der Waals surface area contributed by atoms with Gasteiger partial charge in [-0.3, -0.25) is 14.4 Å². The summed E-state index contributed by atoms with van der Waals surface area (Å²) in [6, 6.07) is 13.9. The fraction of sp³-hybridized carbons (Fsp3) is 0.318. The molecule has 2 rings (SSSR count). The molecule has 7 heteroatoms. The topological polar surface area (TPSA) is 87.3 Å². The first-order valence-electron chi connectivity index (χ1n) is 9.33. The summed E-state index contributed by atoms with van der Waals surface area (Å²) >= 11 is 5.76. The fourth-order valence-electron chi connectivity index (χ4n) is 2.37. The van der Waals surface area contributed by atoms with Crippen molar-refractivity contribution >= 4 is 35.0 Å². The van der Waals surface area contributed by atoms with Gasteiger partial charge >= 0.3 is 0 Å². The standard InChI is InChI=1S/C22H26ClN3O3/c1-15-4-6-17(7-5-15)20(28)26-18-10-8-16(9-11-18)19(27)24-12-13-25-21(29)22(2,3)14-23/h4-11H,12-14H2,1-3H3,(H,24,27)(H,25,29)(H,26,28). The van der Waals surface area contributed by atoms with Crippen molar-refractivity contribution in [2.45, 2.75) is 20.8 Å². The molecular formula is C22H26ClN3O3. The number of halogens is 1. The number of anilines is 1. The van der Waals surface area contributed by atoms with Gasteiger partial charge in [0.05, 0.1) is 5.41 Å². The summed E-state index contributed by atoms with van der Waals surface area (Å²) in [6.45, 7) is 6.09. The van der Waals surface area contributed by atoms with Gasteiger partial charge in [-0.2, -0.15) is 0 Å². The van der Waals surface area contributed by atoms with E-state index in [0.29, 0.717) is 29.9 Å². The van der Waals surface area contributed by atoms with E-state index in [9.17, 15) is 14.4 Å². The van der Waals surface area contributed by atoms with Crippen molar-refractivity contribution in [1.82, 2.24) is 10.6 Å². The van der Waals surface area contributed by atoms with E-state index in [2.05, 4.69) is 16.0 Å². The van der Waals surface area contributed by atoms with Crippen LogP contribution in [0.5, 0.6) is 0 Å². The molecule has 0 atom stereocenters. The molecule has 2 aromatic rings. The van der Waals surface area contributed by atoms with Crippen molar-refractivity contribution < 1.29 is 14.4 Å². The molecular weight excluding hydrogens is 390 g/mol. The van der Waals surface area contributed by atoms with Gasteiger partial charge in [0.15, 0.2) is 0 Å². The molecule has 6 nitrogen and oxygen atoms in total. The maximum absolute atomic E-state index is 12.2. The molecule has 3 amide bonds. The molecule has 0 spiro atoms. The van der Waals surface area contributed by atoms with Crippen molar-refractivity contribution in [3.63, 3.8) is 0 Å². The van der Waals surface area contributed by atoms with Crippen molar-refractivity contribution in [1.29, 1.82) is 0 Å². The van der Waals surface area contributed by atoms with Crippen molar-refractivity contribution in [2.24, 2.45) is 5.41 Å². The molecule has 0 radical (unpaired) electrons. The molecule has 0 unspecified atom stereocenters. The zero-order valence-electron chi connectivity index (χ0n) is 16.8. The van der Waals surface area contributed by atoms with Crippen LogP contribution in [0.2, 0.25) is 0 Å². The molecule has 0 fully saturated rings. The Bertz CT molecular complexity index is 862. The zero-order valence-corrected chi connectivity index (χ0v) is 17.6. The van der Waals surface area contributed by atoms with E-state index < -0.39 is 5.41 Å². The SMILES string of the molecule is Cc1ccc(C(=O)Nc2ccc(C(=O)NCCNC(=O)C(C)(C)CCl)cc2)cc1. The highest BCUT2D eigenvalue weighted by atomic mass is 35.5. The first-order valence-corrected chi connectivity index (χ1v) is 9.87. The first-order chi connectivity index (χ1) is 13.7. The van der Waals surface area contributed by atoms with Gasteiger partial charge in [-0.25, -0.2) is 0 Å². The quantitative estimate of drug-likeness (QED) is 0.456. The lowest BCUT2D eigenvalue weighted by Crippen LogP contribution is -2.41. The number of amides is 3. The molecule has 154 valence electrons. The van der Waals surface area contributed by atoms with Gasteiger partial charge < -0.3 is 16.0 Å². The van der Waals surface area contributed by atoms with Crippen LogP contribution >= 0.6 is 11.6 Å². The van der Waals surface area contributed by atoms with Crippen LogP contribution in [0.15, 0.2) is 48.5 Å². The van der Waals surface area contributed by atoms with E-state index in [4.69, 9.17) is 11.6 Å². The number of hydrogen-bond acceptors (Lipinski definition) is 3. The van der Waals surface area contributed by atoms with Crippen LogP contribution in [0.25, 0.3) is 0 Å². The summed E-state index contributed by atoms with van der Waals surface area (Å²) in [5, 5.41) is 8.29. The maximum atomic E-state index is 12.2. The minimum atomic E-state index is -0.648. The third-order valence-electron chi connectivity index (χ3n) is 4.36. The zero-order chi connectivity index (χ0) is 21.4. The molecule has 0 aromatic heterocycles. The largest absolute Gasteiger partial charge is 0.354 e. The van der Waals surface area contributed by atoms with E-state index >= 15 is 0 Å². The number of aryl methyl sites for hydroxylation is 1. The first kappa shape index (κ1) is 22.4.